The van der Waals surface area contributed by atoms with Gasteiger partial charge >= 0.3 is 0 Å². The second-order valence-corrected chi connectivity index (χ2v) is 5.85. The minimum atomic E-state index is 0.0129. The molecule has 0 saturated carbocycles. The highest BCUT2D eigenvalue weighted by atomic mass is 16.2. The predicted molar refractivity (Wildman–Crippen MR) is 83.9 cm³/mol. The van der Waals surface area contributed by atoms with Crippen molar-refractivity contribution in [1.82, 2.24) is 14.8 Å². The summed E-state index contributed by atoms with van der Waals surface area (Å²) in [7, 11) is 3.66. The van der Waals surface area contributed by atoms with E-state index in [0.29, 0.717) is 0 Å². The first-order chi connectivity index (χ1) is 10.2. The summed E-state index contributed by atoms with van der Waals surface area (Å²) in [6, 6.07) is 10.3. The Kier molecular flexibility index (Phi) is 3.88. The first kappa shape index (κ1) is 14.0. The average Bonchev–Trinajstić information content (AvgIpc) is 2.95. The van der Waals surface area contributed by atoms with E-state index in [4.69, 9.17) is 0 Å². The fourth-order valence-corrected chi connectivity index (χ4v) is 3.11. The highest BCUT2D eigenvalue weighted by Gasteiger charge is 2.31. The molecule has 110 valence electrons. The third-order valence-electron chi connectivity index (χ3n) is 4.18. The molecule has 1 unspecified atom stereocenters. The average molecular weight is 283 g/mol. The molecule has 1 saturated heterocycles. The number of nitrogens with zero attached hydrogens (tertiary/aromatic N) is 3. The number of hydrogen-bond acceptors (Lipinski definition) is 3. The van der Waals surface area contributed by atoms with Gasteiger partial charge in [-0.2, -0.15) is 0 Å². The zero-order chi connectivity index (χ0) is 14.8. The molecule has 2 aromatic rings. The molecule has 4 heteroatoms. The van der Waals surface area contributed by atoms with Gasteiger partial charge in [0, 0.05) is 32.2 Å². The van der Waals surface area contributed by atoms with Gasteiger partial charge in [-0.15, -0.1) is 0 Å². The van der Waals surface area contributed by atoms with Crippen LogP contribution < -0.4 is 0 Å². The number of amides is 1. The first-order valence-corrected chi connectivity index (χ1v) is 7.44. The van der Waals surface area contributed by atoms with Crippen molar-refractivity contribution in [2.45, 2.75) is 25.4 Å². The maximum Gasteiger partial charge on any atom is 0.239 e. The first-order valence-electron chi connectivity index (χ1n) is 7.44. The largest absolute Gasteiger partial charge is 0.347 e. The smallest absolute Gasteiger partial charge is 0.239 e. The number of aromatic nitrogens is 1. The molecule has 0 radical (unpaired) electrons. The van der Waals surface area contributed by atoms with Crippen LogP contribution in [0.25, 0.3) is 10.9 Å². The minimum Gasteiger partial charge on any atom is -0.347 e. The summed E-state index contributed by atoms with van der Waals surface area (Å²) in [6.45, 7) is 1.77. The van der Waals surface area contributed by atoms with Gasteiger partial charge in [-0.05, 0) is 31.0 Å². The third kappa shape index (κ3) is 2.76. The van der Waals surface area contributed by atoms with Crippen LogP contribution in [0.15, 0.2) is 36.5 Å². The molecule has 1 aliphatic heterocycles. The lowest BCUT2D eigenvalue weighted by Crippen LogP contribution is -2.42. The number of benzene rings is 1. The highest BCUT2D eigenvalue weighted by molar-refractivity contribution is 5.83. The molecular weight excluding hydrogens is 262 g/mol. The van der Waals surface area contributed by atoms with Gasteiger partial charge in [0.2, 0.25) is 5.91 Å². The number of fused-ring (bicyclic) bond motifs is 1. The lowest BCUT2D eigenvalue weighted by atomic mass is 10.1. The second-order valence-electron chi connectivity index (χ2n) is 5.85. The van der Waals surface area contributed by atoms with Crippen LogP contribution in [0, 0.1) is 0 Å². The summed E-state index contributed by atoms with van der Waals surface area (Å²) in [4.78, 5) is 20.8. The summed E-state index contributed by atoms with van der Waals surface area (Å²) < 4.78 is 0. The molecule has 1 aromatic carbocycles. The van der Waals surface area contributed by atoms with Crippen molar-refractivity contribution in [2.24, 2.45) is 0 Å². The molecule has 0 bridgehead atoms. The number of para-hydroxylation sites is 1. The van der Waals surface area contributed by atoms with Crippen LogP contribution in [0.2, 0.25) is 0 Å². The second kappa shape index (κ2) is 5.82. The van der Waals surface area contributed by atoms with Crippen LogP contribution in [0.1, 0.15) is 18.4 Å². The number of carbonyl (C=O) groups excluding carboxylic acids is 1. The van der Waals surface area contributed by atoms with Gasteiger partial charge in [0.1, 0.15) is 0 Å². The van der Waals surface area contributed by atoms with Crippen molar-refractivity contribution in [3.8, 4) is 0 Å². The van der Waals surface area contributed by atoms with E-state index in [2.05, 4.69) is 34.1 Å². The van der Waals surface area contributed by atoms with Gasteiger partial charge in [-0.1, -0.05) is 24.3 Å². The van der Waals surface area contributed by atoms with E-state index in [1.165, 1.54) is 5.56 Å². The van der Waals surface area contributed by atoms with Crippen LogP contribution in [0.3, 0.4) is 0 Å². The molecule has 0 spiro atoms. The van der Waals surface area contributed by atoms with Gasteiger partial charge in [0.25, 0.3) is 0 Å². The molecular formula is C17H21N3O. The predicted octanol–water partition coefficient (Wildman–Crippen LogP) is 2.29. The van der Waals surface area contributed by atoms with Gasteiger partial charge in [0.15, 0.2) is 0 Å². The Morgan fingerprint density at radius 1 is 1.33 bits per heavy atom. The number of pyridine rings is 1. The lowest BCUT2D eigenvalue weighted by Gasteiger charge is -2.26. The van der Waals surface area contributed by atoms with Gasteiger partial charge in [-0.3, -0.25) is 14.7 Å². The van der Waals surface area contributed by atoms with Crippen molar-refractivity contribution in [1.29, 1.82) is 0 Å². The summed E-state index contributed by atoms with van der Waals surface area (Å²) in [5, 5.41) is 1.16. The molecule has 1 atom stereocenters. The maximum absolute atomic E-state index is 12.3. The normalized spacial score (nSPS) is 19.0. The van der Waals surface area contributed by atoms with E-state index in [0.717, 1.165) is 36.8 Å². The summed E-state index contributed by atoms with van der Waals surface area (Å²) in [6.07, 6.45) is 3.87. The summed E-state index contributed by atoms with van der Waals surface area (Å²) >= 11 is 0. The van der Waals surface area contributed by atoms with Crippen molar-refractivity contribution in [2.75, 3.05) is 20.6 Å². The Morgan fingerprint density at radius 2 is 2.14 bits per heavy atom. The standard InChI is InChI=1S/C17H21N3O/c1-19(2)17(21)15-9-5-11-20(15)12-14-7-3-6-13-8-4-10-18-16(13)14/h3-4,6-8,10,15H,5,9,11-12H2,1-2H3. The Hall–Kier alpha value is -1.94. The SMILES string of the molecule is CN(C)C(=O)C1CCCN1Cc1cccc2cccnc12. The fraction of sp³-hybridized carbons (Fsp3) is 0.412. The molecule has 1 fully saturated rings. The van der Waals surface area contributed by atoms with Crippen molar-refractivity contribution in [3.05, 3.63) is 42.1 Å². The molecule has 4 nitrogen and oxygen atoms in total. The number of rotatable bonds is 3. The molecule has 0 aliphatic carbocycles. The van der Waals surface area contributed by atoms with E-state index in [1.54, 1.807) is 4.90 Å². The third-order valence-corrected chi connectivity index (χ3v) is 4.18. The number of hydrogen-bond donors (Lipinski definition) is 0. The Labute approximate surface area is 125 Å². The molecule has 0 N–H and O–H groups in total. The van der Waals surface area contributed by atoms with Crippen molar-refractivity contribution < 1.29 is 4.79 Å². The molecule has 2 heterocycles. The number of likely N-dealkylation sites (tertiary alicyclic amines) is 1. The lowest BCUT2D eigenvalue weighted by molar-refractivity contribution is -0.133. The van der Waals surface area contributed by atoms with Crippen molar-refractivity contribution >= 4 is 16.8 Å². The molecule has 21 heavy (non-hydrogen) atoms. The minimum absolute atomic E-state index is 0.0129. The van der Waals surface area contributed by atoms with E-state index in [9.17, 15) is 4.79 Å². The van der Waals surface area contributed by atoms with E-state index in [1.807, 2.05) is 26.4 Å². The van der Waals surface area contributed by atoms with Crippen molar-refractivity contribution in [3.63, 3.8) is 0 Å². The maximum atomic E-state index is 12.3. The van der Waals surface area contributed by atoms with Crippen LogP contribution >= 0.6 is 0 Å². The molecule has 1 amide bonds. The van der Waals surface area contributed by atoms with Crippen LogP contribution in [0.5, 0.6) is 0 Å². The topological polar surface area (TPSA) is 36.4 Å². The van der Waals surface area contributed by atoms with Gasteiger partial charge < -0.3 is 4.90 Å². The Bertz CT molecular complexity index is 648. The Balaban J connectivity index is 1.86. The molecule has 1 aromatic heterocycles. The zero-order valence-corrected chi connectivity index (χ0v) is 12.6. The summed E-state index contributed by atoms with van der Waals surface area (Å²) in [5.74, 6) is 0.209. The van der Waals surface area contributed by atoms with Crippen LogP contribution in [-0.4, -0.2) is 47.4 Å². The van der Waals surface area contributed by atoms with E-state index < -0.39 is 0 Å². The monoisotopic (exact) mass is 283 g/mol. The van der Waals surface area contributed by atoms with E-state index in [-0.39, 0.29) is 11.9 Å². The van der Waals surface area contributed by atoms with Crippen LogP contribution in [0.4, 0.5) is 0 Å². The highest BCUT2D eigenvalue weighted by Crippen LogP contribution is 2.24. The van der Waals surface area contributed by atoms with Gasteiger partial charge in [0.05, 0.1) is 11.6 Å². The number of carbonyl (C=O) groups is 1. The molecule has 3 rings (SSSR count). The fourth-order valence-electron chi connectivity index (χ4n) is 3.11. The summed E-state index contributed by atoms with van der Waals surface area (Å²) in [5.41, 5.74) is 2.24. The zero-order valence-electron chi connectivity index (χ0n) is 12.6. The Morgan fingerprint density at radius 3 is 2.95 bits per heavy atom. The number of likely N-dealkylation sites (N-methyl/N-ethyl adjacent to an activating group) is 1. The molecule has 1 aliphatic rings. The van der Waals surface area contributed by atoms with Gasteiger partial charge in [-0.25, -0.2) is 0 Å². The van der Waals surface area contributed by atoms with E-state index >= 15 is 0 Å². The quantitative estimate of drug-likeness (QED) is 0.867. The van der Waals surface area contributed by atoms with Crippen LogP contribution in [-0.2, 0) is 11.3 Å².